The number of esters is 1. The molecule has 0 radical (unpaired) electrons. The van der Waals surface area contributed by atoms with Gasteiger partial charge in [-0.05, 0) is 42.8 Å². The normalized spacial score (nSPS) is 11.1. The van der Waals surface area contributed by atoms with Crippen molar-refractivity contribution < 1.29 is 17.9 Å². The van der Waals surface area contributed by atoms with Gasteiger partial charge in [0.2, 0.25) is 0 Å². The Morgan fingerprint density at radius 1 is 1.17 bits per heavy atom. The van der Waals surface area contributed by atoms with E-state index in [1.165, 1.54) is 31.3 Å². The molecule has 0 bridgehead atoms. The summed E-state index contributed by atoms with van der Waals surface area (Å²) in [5, 5.41) is 0.437. The molecule has 0 saturated heterocycles. The van der Waals surface area contributed by atoms with E-state index < -0.39 is 16.0 Å². The SMILES string of the molecule is CCCOC(=O)c1cccc(S(=O)(=O)N(C)c2cccc(Cl)c2)c1. The van der Waals surface area contributed by atoms with Crippen LogP contribution in [0.1, 0.15) is 23.7 Å². The summed E-state index contributed by atoms with van der Waals surface area (Å²) in [7, 11) is -2.38. The summed E-state index contributed by atoms with van der Waals surface area (Å²) in [5.41, 5.74) is 0.630. The lowest BCUT2D eigenvalue weighted by molar-refractivity contribution is 0.0505. The molecule has 0 aliphatic heterocycles. The minimum absolute atomic E-state index is 0.0101. The molecule has 2 aromatic carbocycles. The highest BCUT2D eigenvalue weighted by molar-refractivity contribution is 7.92. The van der Waals surface area contributed by atoms with E-state index in [0.29, 0.717) is 17.1 Å². The van der Waals surface area contributed by atoms with E-state index in [1.54, 1.807) is 24.3 Å². The third-order valence-electron chi connectivity index (χ3n) is 3.34. The minimum Gasteiger partial charge on any atom is -0.462 e. The highest BCUT2D eigenvalue weighted by atomic mass is 35.5. The first-order chi connectivity index (χ1) is 11.4. The average Bonchev–Trinajstić information content (AvgIpc) is 2.59. The molecular weight excluding hydrogens is 350 g/mol. The van der Waals surface area contributed by atoms with Gasteiger partial charge in [-0.3, -0.25) is 4.31 Å². The van der Waals surface area contributed by atoms with E-state index in [4.69, 9.17) is 16.3 Å². The van der Waals surface area contributed by atoms with Crippen LogP contribution in [-0.2, 0) is 14.8 Å². The van der Waals surface area contributed by atoms with Crippen molar-refractivity contribution in [3.05, 3.63) is 59.1 Å². The predicted molar refractivity (Wildman–Crippen MR) is 94.1 cm³/mol. The number of hydrogen-bond acceptors (Lipinski definition) is 4. The van der Waals surface area contributed by atoms with E-state index in [1.807, 2.05) is 6.92 Å². The fourth-order valence-corrected chi connectivity index (χ4v) is 3.45. The van der Waals surface area contributed by atoms with Gasteiger partial charge in [-0.25, -0.2) is 13.2 Å². The quantitative estimate of drug-likeness (QED) is 0.730. The minimum atomic E-state index is -3.82. The zero-order valence-corrected chi connectivity index (χ0v) is 15.0. The molecule has 7 heteroatoms. The molecular formula is C17H18ClNO4S. The number of carbonyl (C=O) groups is 1. The van der Waals surface area contributed by atoms with Gasteiger partial charge in [-0.2, -0.15) is 0 Å². The Balaban J connectivity index is 2.34. The Morgan fingerprint density at radius 2 is 1.88 bits per heavy atom. The van der Waals surface area contributed by atoms with E-state index >= 15 is 0 Å². The van der Waals surface area contributed by atoms with Crippen LogP contribution in [0, 0.1) is 0 Å². The van der Waals surface area contributed by atoms with Crippen LogP contribution < -0.4 is 4.31 Å². The molecule has 0 heterocycles. The van der Waals surface area contributed by atoms with Crippen molar-refractivity contribution in [2.45, 2.75) is 18.2 Å². The number of nitrogens with zero attached hydrogens (tertiary/aromatic N) is 1. The Hall–Kier alpha value is -2.05. The molecule has 0 aliphatic carbocycles. The number of rotatable bonds is 6. The maximum atomic E-state index is 12.8. The summed E-state index contributed by atoms with van der Waals surface area (Å²) < 4.78 is 31.7. The number of carbonyl (C=O) groups excluding carboxylic acids is 1. The highest BCUT2D eigenvalue weighted by Gasteiger charge is 2.22. The first kappa shape index (κ1) is 18.3. The van der Waals surface area contributed by atoms with Gasteiger partial charge < -0.3 is 4.74 Å². The largest absolute Gasteiger partial charge is 0.462 e. The fraction of sp³-hybridized carbons (Fsp3) is 0.235. The summed E-state index contributed by atoms with van der Waals surface area (Å²) in [6, 6.07) is 12.3. The summed E-state index contributed by atoms with van der Waals surface area (Å²) in [6.45, 7) is 2.17. The van der Waals surface area contributed by atoms with Crippen molar-refractivity contribution in [1.29, 1.82) is 0 Å². The van der Waals surface area contributed by atoms with Gasteiger partial charge in [0.15, 0.2) is 0 Å². The number of benzene rings is 2. The van der Waals surface area contributed by atoms with Crippen molar-refractivity contribution in [2.75, 3.05) is 18.0 Å². The molecule has 2 rings (SSSR count). The van der Waals surface area contributed by atoms with Gasteiger partial charge in [-0.1, -0.05) is 30.7 Å². The van der Waals surface area contributed by atoms with Crippen LogP contribution >= 0.6 is 11.6 Å². The van der Waals surface area contributed by atoms with Gasteiger partial charge in [0, 0.05) is 12.1 Å². The summed E-state index contributed by atoms with van der Waals surface area (Å²) >= 11 is 5.92. The molecule has 0 fully saturated rings. The molecule has 5 nitrogen and oxygen atoms in total. The smallest absolute Gasteiger partial charge is 0.338 e. The summed E-state index contributed by atoms with van der Waals surface area (Å²) in [4.78, 5) is 11.9. The van der Waals surface area contributed by atoms with E-state index in [2.05, 4.69) is 0 Å². The molecule has 0 unspecified atom stereocenters. The maximum Gasteiger partial charge on any atom is 0.338 e. The molecule has 2 aromatic rings. The lowest BCUT2D eigenvalue weighted by Crippen LogP contribution is -2.26. The average molecular weight is 368 g/mol. The molecule has 0 N–H and O–H groups in total. The number of halogens is 1. The van der Waals surface area contributed by atoms with Gasteiger partial charge in [-0.15, -0.1) is 0 Å². The lowest BCUT2D eigenvalue weighted by atomic mass is 10.2. The second-order valence-electron chi connectivity index (χ2n) is 5.12. The third-order valence-corrected chi connectivity index (χ3v) is 5.35. The molecule has 0 atom stereocenters. The molecule has 128 valence electrons. The van der Waals surface area contributed by atoms with Gasteiger partial charge in [0.1, 0.15) is 0 Å². The Labute approximate surface area is 146 Å². The summed E-state index contributed by atoms with van der Waals surface area (Å²) in [6.07, 6.45) is 0.696. The number of hydrogen-bond donors (Lipinski definition) is 0. The van der Waals surface area contributed by atoms with Crippen molar-refractivity contribution >= 4 is 33.3 Å². The van der Waals surface area contributed by atoms with Crippen molar-refractivity contribution in [3.63, 3.8) is 0 Å². The zero-order valence-electron chi connectivity index (χ0n) is 13.4. The number of ether oxygens (including phenoxy) is 1. The van der Waals surface area contributed by atoms with Crippen LogP contribution in [0.5, 0.6) is 0 Å². The molecule has 0 amide bonds. The Morgan fingerprint density at radius 3 is 2.54 bits per heavy atom. The van der Waals surface area contributed by atoms with Crippen LogP contribution in [0.25, 0.3) is 0 Å². The zero-order chi connectivity index (χ0) is 17.7. The highest BCUT2D eigenvalue weighted by Crippen LogP contribution is 2.25. The van der Waals surface area contributed by atoms with Crippen molar-refractivity contribution in [3.8, 4) is 0 Å². The van der Waals surface area contributed by atoms with Crippen molar-refractivity contribution in [1.82, 2.24) is 0 Å². The van der Waals surface area contributed by atoms with E-state index in [0.717, 1.165) is 4.31 Å². The van der Waals surface area contributed by atoms with E-state index in [-0.39, 0.29) is 17.1 Å². The van der Waals surface area contributed by atoms with E-state index in [9.17, 15) is 13.2 Å². The molecule has 24 heavy (non-hydrogen) atoms. The molecule has 0 aromatic heterocycles. The number of anilines is 1. The molecule has 0 aliphatic rings. The monoisotopic (exact) mass is 367 g/mol. The Kier molecular flexibility index (Phi) is 5.85. The van der Waals surface area contributed by atoms with Crippen LogP contribution in [0.15, 0.2) is 53.4 Å². The van der Waals surface area contributed by atoms with Crippen LogP contribution in [0.4, 0.5) is 5.69 Å². The van der Waals surface area contributed by atoms with Gasteiger partial charge >= 0.3 is 5.97 Å². The van der Waals surface area contributed by atoms with Crippen LogP contribution in [0.2, 0.25) is 5.02 Å². The summed E-state index contributed by atoms with van der Waals surface area (Å²) in [5.74, 6) is -0.542. The molecule has 0 saturated carbocycles. The van der Waals surface area contributed by atoms with Gasteiger partial charge in [0.05, 0.1) is 22.8 Å². The lowest BCUT2D eigenvalue weighted by Gasteiger charge is -2.20. The standard InChI is InChI=1S/C17H18ClNO4S/c1-3-10-23-17(20)13-6-4-9-16(11-13)24(21,22)19(2)15-8-5-7-14(18)12-15/h4-9,11-12H,3,10H2,1-2H3. The topological polar surface area (TPSA) is 63.7 Å². The van der Waals surface area contributed by atoms with Gasteiger partial charge in [0.25, 0.3) is 10.0 Å². The van der Waals surface area contributed by atoms with Crippen LogP contribution in [-0.4, -0.2) is 28.0 Å². The third kappa shape index (κ3) is 4.07. The molecule has 0 spiro atoms. The second kappa shape index (κ2) is 7.68. The predicted octanol–water partition coefficient (Wildman–Crippen LogP) is 3.73. The fourth-order valence-electron chi connectivity index (χ4n) is 2.03. The Bertz CT molecular complexity index is 836. The first-order valence-corrected chi connectivity index (χ1v) is 9.19. The van der Waals surface area contributed by atoms with Crippen LogP contribution in [0.3, 0.4) is 0 Å². The maximum absolute atomic E-state index is 12.8. The number of sulfonamides is 1. The first-order valence-electron chi connectivity index (χ1n) is 7.38. The second-order valence-corrected chi connectivity index (χ2v) is 7.52. The van der Waals surface area contributed by atoms with Crippen molar-refractivity contribution in [2.24, 2.45) is 0 Å².